The third-order valence-electron chi connectivity index (χ3n) is 4.22. The Kier molecular flexibility index (Phi) is 22.7. The summed E-state index contributed by atoms with van der Waals surface area (Å²) >= 11 is 0. The van der Waals surface area contributed by atoms with Crippen molar-refractivity contribution < 1.29 is 51.0 Å². The summed E-state index contributed by atoms with van der Waals surface area (Å²) in [5.41, 5.74) is 6.00. The normalized spacial score (nSPS) is 9.12. The van der Waals surface area contributed by atoms with E-state index in [0.29, 0.717) is 0 Å². The van der Waals surface area contributed by atoms with Crippen molar-refractivity contribution in [1.29, 1.82) is 0 Å². The molecule has 0 unspecified atom stereocenters. The van der Waals surface area contributed by atoms with Gasteiger partial charge in [-0.2, -0.15) is 46.5 Å². The molecule has 0 fully saturated rings. The minimum absolute atomic E-state index is 0. The number of unbranched alkanes of at least 4 members (excludes halogenated alkanes) is 2. The molecule has 3 heteroatoms. The van der Waals surface area contributed by atoms with Crippen molar-refractivity contribution in [2.75, 3.05) is 0 Å². The molecule has 0 aromatic heterocycles. The summed E-state index contributed by atoms with van der Waals surface area (Å²) in [4.78, 5) is 0. The fourth-order valence-electron chi connectivity index (χ4n) is 2.61. The zero-order chi connectivity index (χ0) is 16.2. The topological polar surface area (TPSA) is 0 Å². The Morgan fingerprint density at radius 2 is 1.04 bits per heavy atom. The molecule has 2 rings (SSSR count). The summed E-state index contributed by atoms with van der Waals surface area (Å²) in [5.74, 6) is 0. The second-order valence-corrected chi connectivity index (χ2v) is 6.17. The SMILES string of the molecule is CCCCc1cc[c-](CC)c1.CCCCc1cc[c-](CC)c1.[Cl-].[Cl-].[Zr+4]. The first-order valence-corrected chi connectivity index (χ1v) is 9.22. The van der Waals surface area contributed by atoms with E-state index in [9.17, 15) is 0 Å². The van der Waals surface area contributed by atoms with Crippen LogP contribution in [0.1, 0.15) is 75.6 Å². The molecule has 0 aliphatic heterocycles. The number of halogens is 2. The van der Waals surface area contributed by atoms with E-state index in [2.05, 4.69) is 64.1 Å². The Bertz CT molecular complexity index is 453. The first kappa shape index (κ1) is 29.9. The Balaban J connectivity index is -0.000000346. The molecule has 2 aromatic carbocycles. The van der Waals surface area contributed by atoms with Gasteiger partial charge in [-0.1, -0.05) is 79.1 Å². The molecule has 0 saturated carbocycles. The summed E-state index contributed by atoms with van der Waals surface area (Å²) in [5, 5.41) is 0. The van der Waals surface area contributed by atoms with Crippen molar-refractivity contribution in [3.63, 3.8) is 0 Å². The second kappa shape index (κ2) is 18.9. The predicted molar refractivity (Wildman–Crippen MR) is 100 cm³/mol. The van der Waals surface area contributed by atoms with Crippen LogP contribution in [-0.4, -0.2) is 0 Å². The molecule has 140 valence electrons. The van der Waals surface area contributed by atoms with Crippen LogP contribution in [0.3, 0.4) is 0 Å². The first-order valence-electron chi connectivity index (χ1n) is 9.22. The molecule has 0 aliphatic carbocycles. The molecule has 0 amide bonds. The zero-order valence-electron chi connectivity index (χ0n) is 16.4. The fraction of sp³-hybridized carbons (Fsp3) is 0.545. The van der Waals surface area contributed by atoms with Crippen molar-refractivity contribution in [2.24, 2.45) is 0 Å². The maximum absolute atomic E-state index is 2.33. The fourth-order valence-corrected chi connectivity index (χ4v) is 2.61. The van der Waals surface area contributed by atoms with E-state index in [4.69, 9.17) is 0 Å². The molecule has 0 heterocycles. The Morgan fingerprint density at radius 1 is 0.680 bits per heavy atom. The quantitative estimate of drug-likeness (QED) is 0.507. The van der Waals surface area contributed by atoms with Gasteiger partial charge in [0.15, 0.2) is 0 Å². The third kappa shape index (κ3) is 13.0. The Hall–Kier alpha value is 0.163. The third-order valence-corrected chi connectivity index (χ3v) is 4.22. The van der Waals surface area contributed by atoms with Crippen molar-refractivity contribution in [3.8, 4) is 0 Å². The zero-order valence-corrected chi connectivity index (χ0v) is 20.3. The van der Waals surface area contributed by atoms with Crippen LogP contribution in [0, 0.1) is 0 Å². The Labute approximate surface area is 187 Å². The van der Waals surface area contributed by atoms with Gasteiger partial charge in [-0.15, -0.1) is 0 Å². The standard InChI is InChI=1S/2C11H17.2ClH.Zr/c2*1-3-5-6-11-8-7-10(4-2)9-11;;;/h2*7-9H,3-6H2,1-2H3;2*1H;/q2*-1;;;+4/p-2. The summed E-state index contributed by atoms with van der Waals surface area (Å²) < 4.78 is 0. The summed E-state index contributed by atoms with van der Waals surface area (Å²) in [7, 11) is 0. The van der Waals surface area contributed by atoms with Gasteiger partial charge >= 0.3 is 26.2 Å². The van der Waals surface area contributed by atoms with E-state index >= 15 is 0 Å². The minimum Gasteiger partial charge on any atom is -1.00 e. The molecule has 0 N–H and O–H groups in total. The monoisotopic (exact) mass is 458 g/mol. The van der Waals surface area contributed by atoms with E-state index in [0.717, 1.165) is 0 Å². The van der Waals surface area contributed by atoms with Crippen LogP contribution in [0.15, 0.2) is 36.4 Å². The molecule has 2 aromatic rings. The van der Waals surface area contributed by atoms with Crippen LogP contribution < -0.4 is 24.8 Å². The summed E-state index contributed by atoms with van der Waals surface area (Å²) in [6.45, 7) is 8.89. The molecule has 0 radical (unpaired) electrons. The van der Waals surface area contributed by atoms with E-state index in [1.54, 1.807) is 0 Å². The second-order valence-electron chi connectivity index (χ2n) is 6.17. The predicted octanol–water partition coefficient (Wildman–Crippen LogP) is 0.627. The van der Waals surface area contributed by atoms with Crippen molar-refractivity contribution in [3.05, 3.63) is 58.7 Å². The van der Waals surface area contributed by atoms with Gasteiger partial charge in [0.25, 0.3) is 0 Å². The smallest absolute Gasteiger partial charge is 1.00 e. The van der Waals surface area contributed by atoms with Gasteiger partial charge in [-0.05, 0) is 0 Å². The van der Waals surface area contributed by atoms with Gasteiger partial charge in [0, 0.05) is 0 Å². The maximum Gasteiger partial charge on any atom is 4.00 e. The van der Waals surface area contributed by atoms with Gasteiger partial charge in [-0.3, -0.25) is 0 Å². The molecule has 25 heavy (non-hydrogen) atoms. The van der Waals surface area contributed by atoms with E-state index in [1.807, 2.05) is 0 Å². The molecule has 0 saturated heterocycles. The van der Waals surface area contributed by atoms with Gasteiger partial charge in [0.2, 0.25) is 0 Å². The largest absolute Gasteiger partial charge is 4.00 e. The van der Waals surface area contributed by atoms with E-state index in [-0.39, 0.29) is 51.0 Å². The molecular weight excluding hydrogens is 426 g/mol. The van der Waals surface area contributed by atoms with Crippen molar-refractivity contribution >= 4 is 0 Å². The minimum atomic E-state index is 0. The molecule has 0 atom stereocenters. The molecule has 0 bridgehead atoms. The summed E-state index contributed by atoms with van der Waals surface area (Å²) in [6, 6.07) is 13.7. The number of hydrogen-bond donors (Lipinski definition) is 0. The molecule has 0 aliphatic rings. The van der Waals surface area contributed by atoms with Crippen LogP contribution in [0.2, 0.25) is 0 Å². The van der Waals surface area contributed by atoms with Crippen LogP contribution in [0.5, 0.6) is 0 Å². The van der Waals surface area contributed by atoms with Crippen LogP contribution in [0.25, 0.3) is 0 Å². The van der Waals surface area contributed by atoms with Gasteiger partial charge in [-0.25, -0.2) is 12.1 Å². The van der Waals surface area contributed by atoms with Crippen LogP contribution in [-0.2, 0) is 51.9 Å². The van der Waals surface area contributed by atoms with Gasteiger partial charge < -0.3 is 24.8 Å². The van der Waals surface area contributed by atoms with Crippen molar-refractivity contribution in [2.45, 2.75) is 79.1 Å². The average molecular weight is 461 g/mol. The van der Waals surface area contributed by atoms with Crippen LogP contribution >= 0.6 is 0 Å². The van der Waals surface area contributed by atoms with Crippen LogP contribution in [0.4, 0.5) is 0 Å². The molecule has 0 nitrogen and oxygen atoms in total. The van der Waals surface area contributed by atoms with E-state index in [1.165, 1.54) is 73.6 Å². The van der Waals surface area contributed by atoms with Gasteiger partial charge in [0.05, 0.1) is 0 Å². The van der Waals surface area contributed by atoms with Crippen molar-refractivity contribution in [1.82, 2.24) is 0 Å². The number of aryl methyl sites for hydroxylation is 4. The maximum atomic E-state index is 2.33. The summed E-state index contributed by atoms with van der Waals surface area (Å²) in [6.07, 6.45) is 10.1. The Morgan fingerprint density at radius 3 is 1.28 bits per heavy atom. The first-order chi connectivity index (χ1) is 10.7. The number of rotatable bonds is 8. The average Bonchev–Trinajstić information content (AvgIpc) is 3.20. The van der Waals surface area contributed by atoms with E-state index < -0.39 is 0 Å². The molecular formula is C22H34Cl2Zr. The molecule has 0 spiro atoms. The van der Waals surface area contributed by atoms with Gasteiger partial charge in [0.1, 0.15) is 0 Å². The number of hydrogen-bond acceptors (Lipinski definition) is 0.